The van der Waals surface area contributed by atoms with Gasteiger partial charge in [0.1, 0.15) is 12.4 Å². The highest BCUT2D eigenvalue weighted by molar-refractivity contribution is 5.90. The predicted molar refractivity (Wildman–Crippen MR) is 75.2 cm³/mol. The SMILES string of the molecule is Cc1cc(=O)cc(C)n1CC(=O)Nc1ccc(F)cc1. The summed E-state index contributed by atoms with van der Waals surface area (Å²) >= 11 is 0. The second-order valence-corrected chi connectivity index (χ2v) is 4.62. The summed E-state index contributed by atoms with van der Waals surface area (Å²) in [7, 11) is 0. The number of rotatable bonds is 3. The van der Waals surface area contributed by atoms with E-state index in [9.17, 15) is 14.0 Å². The van der Waals surface area contributed by atoms with Crippen molar-refractivity contribution >= 4 is 11.6 Å². The molecule has 2 rings (SSSR count). The first-order valence-corrected chi connectivity index (χ1v) is 6.19. The second kappa shape index (κ2) is 5.69. The third-order valence-corrected chi connectivity index (χ3v) is 2.98. The van der Waals surface area contributed by atoms with Crippen molar-refractivity contribution in [1.82, 2.24) is 4.57 Å². The molecule has 2 aromatic rings. The van der Waals surface area contributed by atoms with Gasteiger partial charge in [0.05, 0.1) is 0 Å². The topological polar surface area (TPSA) is 51.1 Å². The van der Waals surface area contributed by atoms with Crippen molar-refractivity contribution in [2.45, 2.75) is 20.4 Å². The minimum Gasteiger partial charge on any atom is -0.340 e. The molecular weight excluding hydrogens is 259 g/mol. The normalized spacial score (nSPS) is 10.3. The standard InChI is InChI=1S/C15H15FN2O2/c1-10-7-14(19)8-11(2)18(10)9-15(20)17-13-5-3-12(16)4-6-13/h3-8H,9H2,1-2H3,(H,17,20). The molecule has 0 saturated carbocycles. The molecular formula is C15H15FN2O2. The lowest BCUT2D eigenvalue weighted by Gasteiger charge is -2.14. The van der Waals surface area contributed by atoms with Crippen molar-refractivity contribution in [3.63, 3.8) is 0 Å². The highest BCUT2D eigenvalue weighted by Crippen LogP contribution is 2.09. The van der Waals surface area contributed by atoms with E-state index in [2.05, 4.69) is 5.32 Å². The molecule has 104 valence electrons. The van der Waals surface area contributed by atoms with Crippen molar-refractivity contribution < 1.29 is 9.18 Å². The van der Waals surface area contributed by atoms with Crippen molar-refractivity contribution in [2.24, 2.45) is 0 Å². The fourth-order valence-corrected chi connectivity index (χ4v) is 2.01. The fourth-order valence-electron chi connectivity index (χ4n) is 2.01. The van der Waals surface area contributed by atoms with E-state index in [0.29, 0.717) is 5.69 Å². The predicted octanol–water partition coefficient (Wildman–Crippen LogP) is 2.24. The number of carbonyl (C=O) groups is 1. The summed E-state index contributed by atoms with van der Waals surface area (Å²) in [5.74, 6) is -0.582. The quantitative estimate of drug-likeness (QED) is 0.933. The van der Waals surface area contributed by atoms with Crippen molar-refractivity contribution in [3.05, 3.63) is 63.8 Å². The van der Waals surface area contributed by atoms with Crippen LogP contribution in [0, 0.1) is 19.7 Å². The van der Waals surface area contributed by atoms with Crippen LogP contribution in [0.1, 0.15) is 11.4 Å². The number of nitrogens with one attached hydrogen (secondary N) is 1. The van der Waals surface area contributed by atoms with E-state index in [1.807, 2.05) is 0 Å². The Morgan fingerprint density at radius 1 is 1.15 bits per heavy atom. The number of hydrogen-bond donors (Lipinski definition) is 1. The summed E-state index contributed by atoms with van der Waals surface area (Å²) < 4.78 is 14.5. The fraction of sp³-hybridized carbons (Fsp3) is 0.200. The lowest BCUT2D eigenvalue weighted by Crippen LogP contribution is -2.23. The van der Waals surface area contributed by atoms with Crippen LogP contribution in [-0.2, 0) is 11.3 Å². The molecule has 1 N–H and O–H groups in total. The number of pyridine rings is 1. The molecule has 0 spiro atoms. The zero-order chi connectivity index (χ0) is 14.7. The molecule has 0 saturated heterocycles. The molecule has 1 amide bonds. The summed E-state index contributed by atoms with van der Waals surface area (Å²) in [5.41, 5.74) is 1.91. The van der Waals surface area contributed by atoms with Gasteiger partial charge in [-0.1, -0.05) is 0 Å². The van der Waals surface area contributed by atoms with Crippen LogP contribution in [0.2, 0.25) is 0 Å². The average molecular weight is 274 g/mol. The smallest absolute Gasteiger partial charge is 0.244 e. The second-order valence-electron chi connectivity index (χ2n) is 4.62. The zero-order valence-electron chi connectivity index (χ0n) is 11.3. The van der Waals surface area contributed by atoms with Crippen LogP contribution in [0.25, 0.3) is 0 Å². The molecule has 0 radical (unpaired) electrons. The molecule has 0 fully saturated rings. The Balaban J connectivity index is 2.12. The molecule has 1 heterocycles. The number of hydrogen-bond acceptors (Lipinski definition) is 2. The maximum atomic E-state index is 12.8. The maximum absolute atomic E-state index is 12.8. The first kappa shape index (κ1) is 14.0. The molecule has 1 aromatic heterocycles. The van der Waals surface area contributed by atoms with Crippen LogP contribution < -0.4 is 10.7 Å². The largest absolute Gasteiger partial charge is 0.340 e. The Bertz CT molecular complexity index is 664. The molecule has 0 aliphatic heterocycles. The number of aryl methyl sites for hydroxylation is 2. The third kappa shape index (κ3) is 3.32. The lowest BCUT2D eigenvalue weighted by atomic mass is 10.2. The van der Waals surface area contributed by atoms with Gasteiger partial charge in [-0.05, 0) is 38.1 Å². The Kier molecular flexibility index (Phi) is 3.98. The van der Waals surface area contributed by atoms with Crippen LogP contribution in [-0.4, -0.2) is 10.5 Å². The molecule has 0 unspecified atom stereocenters. The molecule has 0 atom stereocenters. The minimum absolute atomic E-state index is 0.0739. The Morgan fingerprint density at radius 3 is 2.25 bits per heavy atom. The van der Waals surface area contributed by atoms with E-state index in [1.165, 1.54) is 36.4 Å². The molecule has 1 aromatic carbocycles. The number of nitrogens with zero attached hydrogens (tertiary/aromatic N) is 1. The van der Waals surface area contributed by atoms with Gasteiger partial charge in [0.15, 0.2) is 5.43 Å². The maximum Gasteiger partial charge on any atom is 0.244 e. The van der Waals surface area contributed by atoms with Crippen LogP contribution >= 0.6 is 0 Å². The van der Waals surface area contributed by atoms with E-state index in [1.54, 1.807) is 18.4 Å². The van der Waals surface area contributed by atoms with Gasteiger partial charge in [-0.15, -0.1) is 0 Å². The molecule has 0 aliphatic rings. The zero-order valence-corrected chi connectivity index (χ0v) is 11.3. The van der Waals surface area contributed by atoms with Gasteiger partial charge in [0, 0.05) is 29.2 Å². The van der Waals surface area contributed by atoms with Crippen molar-refractivity contribution in [1.29, 1.82) is 0 Å². The van der Waals surface area contributed by atoms with Crippen molar-refractivity contribution in [3.8, 4) is 0 Å². The van der Waals surface area contributed by atoms with Gasteiger partial charge in [0.25, 0.3) is 0 Å². The van der Waals surface area contributed by atoms with Gasteiger partial charge in [-0.25, -0.2) is 4.39 Å². The molecule has 0 bridgehead atoms. The number of halogens is 1. The highest BCUT2D eigenvalue weighted by Gasteiger charge is 2.07. The van der Waals surface area contributed by atoms with Crippen LogP contribution in [0.3, 0.4) is 0 Å². The summed E-state index contributed by atoms with van der Waals surface area (Å²) in [5, 5.41) is 2.68. The van der Waals surface area contributed by atoms with E-state index < -0.39 is 0 Å². The van der Waals surface area contributed by atoms with Gasteiger partial charge in [-0.2, -0.15) is 0 Å². The first-order chi connectivity index (χ1) is 9.45. The summed E-state index contributed by atoms with van der Waals surface area (Å²) in [6, 6.07) is 8.53. The number of benzene rings is 1. The van der Waals surface area contributed by atoms with Crippen molar-refractivity contribution in [2.75, 3.05) is 5.32 Å². The van der Waals surface area contributed by atoms with Gasteiger partial charge < -0.3 is 9.88 Å². The molecule has 20 heavy (non-hydrogen) atoms. The molecule has 0 aliphatic carbocycles. The number of aromatic nitrogens is 1. The molecule has 5 heteroatoms. The lowest BCUT2D eigenvalue weighted by molar-refractivity contribution is -0.116. The Hall–Kier alpha value is -2.43. The first-order valence-electron chi connectivity index (χ1n) is 6.19. The highest BCUT2D eigenvalue weighted by atomic mass is 19.1. The number of anilines is 1. The van der Waals surface area contributed by atoms with Crippen LogP contribution in [0.5, 0.6) is 0 Å². The van der Waals surface area contributed by atoms with Gasteiger partial charge in [0.2, 0.25) is 5.91 Å². The molecule has 4 nitrogen and oxygen atoms in total. The van der Waals surface area contributed by atoms with Gasteiger partial charge >= 0.3 is 0 Å². The van der Waals surface area contributed by atoms with E-state index in [4.69, 9.17) is 0 Å². The minimum atomic E-state index is -0.352. The Labute approximate surface area is 115 Å². The average Bonchev–Trinajstić information content (AvgIpc) is 2.36. The summed E-state index contributed by atoms with van der Waals surface area (Å²) in [6.07, 6.45) is 0. The third-order valence-electron chi connectivity index (χ3n) is 2.98. The van der Waals surface area contributed by atoms with Crippen LogP contribution in [0.4, 0.5) is 10.1 Å². The van der Waals surface area contributed by atoms with Gasteiger partial charge in [-0.3, -0.25) is 9.59 Å². The summed E-state index contributed by atoms with van der Waals surface area (Å²) in [6.45, 7) is 3.66. The van der Waals surface area contributed by atoms with Crippen LogP contribution in [0.15, 0.2) is 41.2 Å². The number of amides is 1. The number of carbonyl (C=O) groups excluding carboxylic acids is 1. The summed E-state index contributed by atoms with van der Waals surface area (Å²) in [4.78, 5) is 23.3. The van der Waals surface area contributed by atoms with E-state index in [0.717, 1.165) is 11.4 Å². The monoisotopic (exact) mass is 274 g/mol. The van der Waals surface area contributed by atoms with E-state index >= 15 is 0 Å². The Morgan fingerprint density at radius 2 is 1.70 bits per heavy atom. The van der Waals surface area contributed by atoms with E-state index in [-0.39, 0.29) is 23.7 Å².